The summed E-state index contributed by atoms with van der Waals surface area (Å²) in [5.41, 5.74) is 4.12. The zero-order chi connectivity index (χ0) is 24.1. The highest BCUT2D eigenvalue weighted by Gasteiger charge is 2.19. The van der Waals surface area contributed by atoms with E-state index < -0.39 is 5.97 Å². The Bertz CT molecular complexity index is 1310. The Kier molecular flexibility index (Phi) is 6.97. The summed E-state index contributed by atoms with van der Waals surface area (Å²) >= 11 is 0. The summed E-state index contributed by atoms with van der Waals surface area (Å²) in [6.07, 6.45) is 2.72. The smallest absolute Gasteiger partial charge is 0.337 e. The molecule has 0 aliphatic carbocycles. The minimum absolute atomic E-state index is 0.0220. The van der Waals surface area contributed by atoms with E-state index in [2.05, 4.69) is 9.88 Å². The minimum atomic E-state index is -0.405. The molecule has 6 nitrogen and oxygen atoms in total. The number of nitrogens with one attached hydrogen (secondary N) is 1. The van der Waals surface area contributed by atoms with Gasteiger partial charge in [-0.1, -0.05) is 49.4 Å². The van der Waals surface area contributed by atoms with E-state index in [-0.39, 0.29) is 11.8 Å². The van der Waals surface area contributed by atoms with Crippen LogP contribution in [-0.2, 0) is 16.1 Å². The molecule has 0 fully saturated rings. The third-order valence-electron chi connectivity index (χ3n) is 6.02. The number of esters is 1. The molecule has 3 aromatic carbocycles. The van der Waals surface area contributed by atoms with Gasteiger partial charge in [0.1, 0.15) is 5.75 Å². The lowest BCUT2D eigenvalue weighted by Crippen LogP contribution is -2.20. The molecule has 174 valence electrons. The third-order valence-corrected chi connectivity index (χ3v) is 6.02. The van der Waals surface area contributed by atoms with E-state index >= 15 is 0 Å². The average molecular weight is 457 g/mol. The van der Waals surface area contributed by atoms with E-state index in [1.165, 1.54) is 7.11 Å². The van der Waals surface area contributed by atoms with Crippen molar-refractivity contribution in [3.8, 4) is 5.75 Å². The monoisotopic (exact) mass is 456 g/mol. The van der Waals surface area contributed by atoms with Gasteiger partial charge in [-0.3, -0.25) is 4.79 Å². The van der Waals surface area contributed by atoms with Crippen LogP contribution >= 0.6 is 0 Å². The van der Waals surface area contributed by atoms with Crippen LogP contribution in [0, 0.1) is 0 Å². The topological polar surface area (TPSA) is 69.6 Å². The largest absolute Gasteiger partial charge is 0.496 e. The molecule has 1 aromatic heterocycles. The Morgan fingerprint density at radius 3 is 2.47 bits per heavy atom. The van der Waals surface area contributed by atoms with Crippen molar-refractivity contribution in [2.75, 3.05) is 19.5 Å². The molecule has 0 spiro atoms. The van der Waals surface area contributed by atoms with Gasteiger partial charge in [0, 0.05) is 17.4 Å². The highest BCUT2D eigenvalue weighted by molar-refractivity contribution is 5.97. The van der Waals surface area contributed by atoms with Crippen molar-refractivity contribution in [2.45, 2.75) is 25.8 Å². The van der Waals surface area contributed by atoms with E-state index in [0.717, 1.165) is 34.1 Å². The molecule has 1 unspecified atom stereocenters. The number of hydrogen-bond donors (Lipinski definition) is 1. The summed E-state index contributed by atoms with van der Waals surface area (Å²) in [7, 11) is 2.94. The molecule has 4 aromatic rings. The maximum atomic E-state index is 13.0. The summed E-state index contributed by atoms with van der Waals surface area (Å²) in [4.78, 5) is 24.9. The summed E-state index contributed by atoms with van der Waals surface area (Å²) in [5.74, 6) is -0.0205. The normalized spacial score (nSPS) is 11.7. The van der Waals surface area contributed by atoms with Crippen molar-refractivity contribution in [3.05, 3.63) is 95.7 Å². The van der Waals surface area contributed by atoms with E-state index in [1.807, 2.05) is 73.8 Å². The Hall–Kier alpha value is -4.06. The van der Waals surface area contributed by atoms with Crippen molar-refractivity contribution < 1.29 is 19.1 Å². The van der Waals surface area contributed by atoms with Crippen molar-refractivity contribution in [1.82, 2.24) is 4.57 Å². The van der Waals surface area contributed by atoms with Gasteiger partial charge in [-0.05, 0) is 47.7 Å². The van der Waals surface area contributed by atoms with Gasteiger partial charge in [0.25, 0.3) is 0 Å². The molecule has 1 N–H and O–H groups in total. The van der Waals surface area contributed by atoms with Crippen LogP contribution < -0.4 is 10.1 Å². The van der Waals surface area contributed by atoms with Gasteiger partial charge in [-0.25, -0.2) is 4.79 Å². The predicted octanol–water partition coefficient (Wildman–Crippen LogP) is 5.62. The van der Waals surface area contributed by atoms with Crippen LogP contribution in [0.3, 0.4) is 0 Å². The fraction of sp³-hybridized carbons (Fsp3) is 0.214. The molecular weight excluding hydrogens is 428 g/mol. The van der Waals surface area contributed by atoms with E-state index in [4.69, 9.17) is 9.47 Å². The first kappa shape index (κ1) is 23.1. The minimum Gasteiger partial charge on any atom is -0.496 e. The first-order chi connectivity index (χ1) is 16.5. The van der Waals surface area contributed by atoms with Crippen LogP contribution in [0.1, 0.15) is 40.7 Å². The lowest BCUT2D eigenvalue weighted by atomic mass is 9.95. The number of carbonyl (C=O) groups is 2. The predicted molar refractivity (Wildman–Crippen MR) is 133 cm³/mol. The van der Waals surface area contributed by atoms with E-state index in [0.29, 0.717) is 17.9 Å². The highest BCUT2D eigenvalue weighted by atomic mass is 16.5. The molecule has 0 saturated heterocycles. The van der Waals surface area contributed by atoms with Crippen LogP contribution in [0.5, 0.6) is 5.75 Å². The number of rotatable bonds is 8. The average Bonchev–Trinajstić information content (AvgIpc) is 3.26. The van der Waals surface area contributed by atoms with E-state index in [1.54, 1.807) is 19.2 Å². The first-order valence-electron chi connectivity index (χ1n) is 11.2. The molecule has 1 atom stereocenters. The van der Waals surface area contributed by atoms with Crippen molar-refractivity contribution in [2.24, 2.45) is 0 Å². The first-order valence-corrected chi connectivity index (χ1v) is 11.2. The quantitative estimate of drug-likeness (QED) is 0.350. The standard InChI is InChI=1S/C28H28N2O4/c1-4-24(19-8-6-5-7-9-19)27(31)29-23-13-12-20-14-15-30(25(20)17-23)18-22-11-10-21(28(32)34-3)16-26(22)33-2/h5-17,24H,4,18H2,1-3H3,(H,29,31). The van der Waals surface area contributed by atoms with Crippen LogP contribution in [0.15, 0.2) is 79.0 Å². The van der Waals surface area contributed by atoms with Crippen molar-refractivity contribution in [1.29, 1.82) is 0 Å². The maximum absolute atomic E-state index is 13.0. The zero-order valence-corrected chi connectivity index (χ0v) is 19.6. The van der Waals surface area contributed by atoms with Gasteiger partial charge in [0.15, 0.2) is 0 Å². The summed E-state index contributed by atoms with van der Waals surface area (Å²) in [6.45, 7) is 2.57. The molecule has 34 heavy (non-hydrogen) atoms. The van der Waals surface area contributed by atoms with Gasteiger partial charge in [0.2, 0.25) is 5.91 Å². The molecule has 1 amide bonds. The Balaban J connectivity index is 1.58. The number of carbonyl (C=O) groups excluding carboxylic acids is 2. The number of methoxy groups -OCH3 is 2. The molecule has 0 saturated carbocycles. The van der Waals surface area contributed by atoms with Crippen LogP contribution in [0.25, 0.3) is 10.9 Å². The lowest BCUT2D eigenvalue weighted by Gasteiger charge is -2.16. The molecule has 0 aliphatic heterocycles. The van der Waals surface area contributed by atoms with Crippen LogP contribution in [0.2, 0.25) is 0 Å². The number of ether oxygens (including phenoxy) is 2. The van der Waals surface area contributed by atoms with Crippen molar-refractivity contribution in [3.63, 3.8) is 0 Å². The molecule has 6 heteroatoms. The number of fused-ring (bicyclic) bond motifs is 1. The summed E-state index contributed by atoms with van der Waals surface area (Å²) in [5, 5.41) is 4.15. The summed E-state index contributed by atoms with van der Waals surface area (Å²) < 4.78 is 12.4. The Labute approximate surface area is 199 Å². The fourth-order valence-electron chi connectivity index (χ4n) is 4.19. The molecule has 0 radical (unpaired) electrons. The second-order valence-electron chi connectivity index (χ2n) is 8.10. The van der Waals surface area contributed by atoms with Gasteiger partial charge in [0.05, 0.1) is 37.8 Å². The van der Waals surface area contributed by atoms with E-state index in [9.17, 15) is 9.59 Å². The Morgan fingerprint density at radius 2 is 1.76 bits per heavy atom. The molecule has 0 bridgehead atoms. The van der Waals surface area contributed by atoms with Gasteiger partial charge >= 0.3 is 5.97 Å². The number of aromatic nitrogens is 1. The highest BCUT2D eigenvalue weighted by Crippen LogP contribution is 2.27. The molecular formula is C28H28N2O4. The number of hydrogen-bond acceptors (Lipinski definition) is 4. The Morgan fingerprint density at radius 1 is 0.971 bits per heavy atom. The molecule has 0 aliphatic rings. The maximum Gasteiger partial charge on any atom is 0.337 e. The third kappa shape index (κ3) is 4.81. The van der Waals surface area contributed by atoms with Crippen LogP contribution in [0.4, 0.5) is 5.69 Å². The number of amides is 1. The number of nitrogens with zero attached hydrogens (tertiary/aromatic N) is 1. The zero-order valence-electron chi connectivity index (χ0n) is 19.6. The SMILES string of the molecule is CCC(C(=O)Nc1ccc2ccn(Cc3ccc(C(=O)OC)cc3OC)c2c1)c1ccccc1. The van der Waals surface area contributed by atoms with Gasteiger partial charge in [-0.15, -0.1) is 0 Å². The van der Waals surface area contributed by atoms with Crippen LogP contribution in [-0.4, -0.2) is 30.7 Å². The molecule has 4 rings (SSSR count). The van der Waals surface area contributed by atoms with Gasteiger partial charge < -0.3 is 19.4 Å². The number of anilines is 1. The van der Waals surface area contributed by atoms with Gasteiger partial charge in [-0.2, -0.15) is 0 Å². The lowest BCUT2D eigenvalue weighted by molar-refractivity contribution is -0.117. The second-order valence-corrected chi connectivity index (χ2v) is 8.10. The fourth-order valence-corrected chi connectivity index (χ4v) is 4.19. The summed E-state index contributed by atoms with van der Waals surface area (Å²) in [6, 6.07) is 23.1. The van der Waals surface area contributed by atoms with Crippen molar-refractivity contribution >= 4 is 28.5 Å². The molecule has 1 heterocycles. The second kappa shape index (κ2) is 10.3. The number of benzene rings is 3.